The summed E-state index contributed by atoms with van der Waals surface area (Å²) in [7, 11) is 3.20. The lowest BCUT2D eigenvalue weighted by Gasteiger charge is -2.32. The largest absolute Gasteiger partial charge is 0.468 e. The van der Waals surface area contributed by atoms with Crippen molar-refractivity contribution in [2.75, 3.05) is 7.11 Å². The van der Waals surface area contributed by atoms with E-state index >= 15 is 0 Å². The van der Waals surface area contributed by atoms with Gasteiger partial charge in [-0.05, 0) is 25.3 Å². The van der Waals surface area contributed by atoms with Crippen molar-refractivity contribution in [1.29, 1.82) is 0 Å². The Bertz CT molecular complexity index is 990. The molecule has 2 aliphatic rings. The summed E-state index contributed by atoms with van der Waals surface area (Å²) in [4.78, 5) is 28.3. The second-order valence-corrected chi connectivity index (χ2v) is 7.46. The minimum atomic E-state index is -0.637. The first-order valence-electron chi connectivity index (χ1n) is 9.36. The Hall–Kier alpha value is -3.03. The number of methoxy groups -OCH3 is 1. The maximum Gasteiger partial charge on any atom is 0.315 e. The molecular formula is C20H22N4O4. The molecule has 1 saturated carbocycles. The monoisotopic (exact) mass is 382 g/mol. The number of benzene rings is 1. The summed E-state index contributed by atoms with van der Waals surface area (Å²) in [6.45, 7) is 1.80. The van der Waals surface area contributed by atoms with Gasteiger partial charge in [0.1, 0.15) is 5.92 Å². The average Bonchev–Trinajstić information content (AvgIpc) is 2.94. The Balaban J connectivity index is 1.95. The van der Waals surface area contributed by atoms with Crippen molar-refractivity contribution < 1.29 is 14.5 Å². The average molecular weight is 382 g/mol. The molecule has 0 spiro atoms. The lowest BCUT2D eigenvalue weighted by molar-refractivity contribution is -0.384. The van der Waals surface area contributed by atoms with Gasteiger partial charge >= 0.3 is 5.97 Å². The van der Waals surface area contributed by atoms with Gasteiger partial charge in [0.15, 0.2) is 5.82 Å². The molecule has 1 aliphatic heterocycles. The molecule has 2 atom stereocenters. The molecule has 2 unspecified atom stereocenters. The molecule has 28 heavy (non-hydrogen) atoms. The first-order chi connectivity index (χ1) is 13.4. The Labute approximate surface area is 162 Å². The van der Waals surface area contributed by atoms with Crippen LogP contribution in [0.1, 0.15) is 54.8 Å². The van der Waals surface area contributed by atoms with E-state index in [1.54, 1.807) is 23.7 Å². The zero-order valence-corrected chi connectivity index (χ0v) is 16.1. The number of non-ortho nitro benzene ring substituents is 1. The quantitative estimate of drug-likeness (QED) is 0.457. The van der Waals surface area contributed by atoms with Crippen LogP contribution in [0.15, 0.2) is 29.3 Å². The van der Waals surface area contributed by atoms with Crippen LogP contribution in [0.5, 0.6) is 0 Å². The van der Waals surface area contributed by atoms with E-state index in [2.05, 4.69) is 4.99 Å². The molecule has 1 aliphatic carbocycles. The highest BCUT2D eigenvalue weighted by Gasteiger charge is 2.43. The van der Waals surface area contributed by atoms with Gasteiger partial charge in [-0.3, -0.25) is 19.6 Å². The summed E-state index contributed by atoms with van der Waals surface area (Å²) in [6, 6.07) is 6.48. The molecule has 0 bridgehead atoms. The van der Waals surface area contributed by atoms with E-state index in [-0.39, 0.29) is 5.69 Å². The highest BCUT2D eigenvalue weighted by atomic mass is 16.6. The highest BCUT2D eigenvalue weighted by molar-refractivity contribution is 6.05. The van der Waals surface area contributed by atoms with E-state index < -0.39 is 22.7 Å². The predicted molar refractivity (Wildman–Crippen MR) is 103 cm³/mol. The Morgan fingerprint density at radius 3 is 2.71 bits per heavy atom. The van der Waals surface area contributed by atoms with Gasteiger partial charge in [-0.1, -0.05) is 18.6 Å². The SMILES string of the molecule is COC(=O)C1C(C)=Nc2c(c(C3CCC3)nn2C)C1c1cccc([N+](=O)[O-])c1. The molecule has 0 saturated heterocycles. The van der Waals surface area contributed by atoms with Gasteiger partial charge in [-0.2, -0.15) is 5.10 Å². The van der Waals surface area contributed by atoms with Crippen molar-refractivity contribution in [2.45, 2.75) is 38.0 Å². The number of rotatable bonds is 4. The molecule has 8 heteroatoms. The minimum absolute atomic E-state index is 0.00286. The number of fused-ring (bicyclic) bond motifs is 1. The summed E-state index contributed by atoms with van der Waals surface area (Å²) >= 11 is 0. The number of carbonyl (C=O) groups is 1. The van der Waals surface area contributed by atoms with E-state index in [9.17, 15) is 14.9 Å². The summed E-state index contributed by atoms with van der Waals surface area (Å²) in [5, 5.41) is 16.1. The highest BCUT2D eigenvalue weighted by Crippen LogP contribution is 2.49. The Morgan fingerprint density at radius 2 is 2.11 bits per heavy atom. The van der Waals surface area contributed by atoms with Crippen LogP contribution >= 0.6 is 0 Å². The van der Waals surface area contributed by atoms with Crippen molar-refractivity contribution in [3.05, 3.63) is 51.2 Å². The van der Waals surface area contributed by atoms with Crippen LogP contribution in [-0.4, -0.2) is 33.5 Å². The van der Waals surface area contributed by atoms with Crippen LogP contribution in [0, 0.1) is 16.0 Å². The second-order valence-electron chi connectivity index (χ2n) is 7.46. The third kappa shape index (κ3) is 2.80. The summed E-state index contributed by atoms with van der Waals surface area (Å²) < 4.78 is 6.83. The van der Waals surface area contributed by atoms with Crippen molar-refractivity contribution >= 4 is 23.2 Å². The molecule has 1 aromatic heterocycles. The molecule has 2 aromatic rings. The standard InChI is InChI=1S/C20H22N4O4/c1-11-15(20(25)28-3)16(13-8-5-9-14(10-13)24(26)27)17-18(12-6-4-7-12)22-23(2)19(17)21-11/h5,8-10,12,15-16H,4,6-7H2,1-3H3. The molecule has 8 nitrogen and oxygen atoms in total. The first-order valence-corrected chi connectivity index (χ1v) is 9.36. The molecule has 4 rings (SSSR count). The zero-order valence-electron chi connectivity index (χ0n) is 16.1. The molecule has 1 fully saturated rings. The minimum Gasteiger partial charge on any atom is -0.468 e. The molecule has 2 heterocycles. The third-order valence-corrected chi connectivity index (χ3v) is 5.84. The van der Waals surface area contributed by atoms with Gasteiger partial charge in [0.05, 0.1) is 17.7 Å². The number of aromatic nitrogens is 2. The first kappa shape index (κ1) is 18.3. The number of nitro groups is 1. The smallest absolute Gasteiger partial charge is 0.315 e. The van der Waals surface area contributed by atoms with Gasteiger partial charge in [0.25, 0.3) is 5.69 Å². The van der Waals surface area contributed by atoms with Gasteiger partial charge in [0, 0.05) is 42.3 Å². The fraction of sp³-hybridized carbons (Fsp3) is 0.450. The number of hydrogen-bond donors (Lipinski definition) is 0. The number of aryl methyl sites for hydroxylation is 1. The van der Waals surface area contributed by atoms with E-state index in [1.165, 1.54) is 13.2 Å². The number of aliphatic imine (C=N–C) groups is 1. The number of nitro benzene ring substituents is 1. The van der Waals surface area contributed by atoms with Crippen LogP contribution in [-0.2, 0) is 16.6 Å². The van der Waals surface area contributed by atoms with E-state index in [0.717, 1.165) is 36.3 Å². The van der Waals surface area contributed by atoms with Crippen molar-refractivity contribution in [1.82, 2.24) is 9.78 Å². The lowest BCUT2D eigenvalue weighted by Crippen LogP contribution is -2.33. The second kappa shape index (κ2) is 6.85. The predicted octanol–water partition coefficient (Wildman–Crippen LogP) is 3.62. The van der Waals surface area contributed by atoms with Crippen molar-refractivity contribution in [3.63, 3.8) is 0 Å². The maximum atomic E-state index is 12.7. The number of hydrogen-bond acceptors (Lipinski definition) is 6. The Morgan fingerprint density at radius 1 is 1.36 bits per heavy atom. The van der Waals surface area contributed by atoms with E-state index in [4.69, 9.17) is 9.84 Å². The van der Waals surface area contributed by atoms with Crippen molar-refractivity contribution in [2.24, 2.45) is 18.0 Å². The number of nitrogens with zero attached hydrogens (tertiary/aromatic N) is 4. The number of esters is 1. The summed E-state index contributed by atoms with van der Waals surface area (Å²) in [5.41, 5.74) is 3.17. The van der Waals surface area contributed by atoms with Gasteiger partial charge in [-0.15, -0.1) is 0 Å². The maximum absolute atomic E-state index is 12.7. The van der Waals surface area contributed by atoms with E-state index in [0.29, 0.717) is 17.2 Å². The molecular weight excluding hydrogens is 360 g/mol. The molecule has 0 radical (unpaired) electrons. The molecule has 0 amide bonds. The Kier molecular flexibility index (Phi) is 4.49. The topological polar surface area (TPSA) is 99.6 Å². The van der Waals surface area contributed by atoms with Crippen LogP contribution in [0.4, 0.5) is 11.5 Å². The zero-order chi connectivity index (χ0) is 20.0. The lowest BCUT2D eigenvalue weighted by atomic mass is 9.72. The third-order valence-electron chi connectivity index (χ3n) is 5.84. The van der Waals surface area contributed by atoms with Crippen molar-refractivity contribution in [3.8, 4) is 0 Å². The summed E-state index contributed by atoms with van der Waals surface area (Å²) in [5.74, 6) is -0.391. The summed E-state index contributed by atoms with van der Waals surface area (Å²) in [6.07, 6.45) is 3.26. The normalized spacial score (nSPS) is 21.5. The van der Waals surface area contributed by atoms with E-state index in [1.807, 2.05) is 13.1 Å². The number of carbonyl (C=O) groups excluding carboxylic acids is 1. The van der Waals surface area contributed by atoms with Gasteiger partial charge in [0.2, 0.25) is 0 Å². The van der Waals surface area contributed by atoms with Gasteiger partial charge in [-0.25, -0.2) is 4.99 Å². The van der Waals surface area contributed by atoms with Crippen LogP contribution < -0.4 is 0 Å². The van der Waals surface area contributed by atoms with Crippen LogP contribution in [0.25, 0.3) is 0 Å². The fourth-order valence-electron chi connectivity index (χ4n) is 4.23. The fourth-order valence-corrected chi connectivity index (χ4v) is 4.23. The molecule has 0 N–H and O–H groups in total. The number of ether oxygens (including phenoxy) is 1. The van der Waals surface area contributed by atoms with Crippen LogP contribution in [0.3, 0.4) is 0 Å². The van der Waals surface area contributed by atoms with Gasteiger partial charge < -0.3 is 4.74 Å². The van der Waals surface area contributed by atoms with Crippen LogP contribution in [0.2, 0.25) is 0 Å². The molecule has 146 valence electrons. The molecule has 1 aromatic carbocycles.